The average molecular weight is 922 g/mol. The monoisotopic (exact) mass is 920 g/mol. The number of carbonyl (C=O) groups is 4. The Hall–Kier alpha value is -4.71. The maximum absolute atomic E-state index is 14.8. The lowest BCUT2D eigenvalue weighted by Crippen LogP contribution is -2.59. The van der Waals surface area contributed by atoms with Crippen LogP contribution in [0.4, 0.5) is 9.93 Å². The number of piperazine rings is 1. The molecule has 3 saturated carbocycles. The Labute approximate surface area is 383 Å². The van der Waals surface area contributed by atoms with Gasteiger partial charge in [0.2, 0.25) is 11.8 Å². The van der Waals surface area contributed by atoms with E-state index in [9.17, 15) is 24.3 Å². The molecule has 8 atom stereocenters. The smallest absolute Gasteiger partial charge is 0.408 e. The summed E-state index contributed by atoms with van der Waals surface area (Å²) in [5, 5.41) is 22.6. The number of amides is 3. The lowest BCUT2D eigenvalue weighted by Gasteiger charge is -2.35. The number of ether oxygens (including phenoxy) is 3. The van der Waals surface area contributed by atoms with Crippen molar-refractivity contribution in [2.45, 2.75) is 103 Å². The molecule has 2 aliphatic heterocycles. The van der Waals surface area contributed by atoms with Crippen molar-refractivity contribution in [3.63, 3.8) is 0 Å². The molecule has 0 bridgehead atoms. The minimum absolute atomic E-state index is 0.0255. The number of alkyl carbamates (subject to hydrolysis) is 1. The van der Waals surface area contributed by atoms with Gasteiger partial charge in [-0.25, -0.2) is 19.6 Å². The number of rotatable bonds is 16. The van der Waals surface area contributed by atoms with Crippen LogP contribution in [0.15, 0.2) is 36.2 Å². The highest BCUT2D eigenvalue weighted by Gasteiger charge is 2.61. The van der Waals surface area contributed by atoms with Crippen molar-refractivity contribution in [3.05, 3.63) is 41.3 Å². The highest BCUT2D eigenvalue weighted by molar-refractivity contribution is 7.14. The van der Waals surface area contributed by atoms with Gasteiger partial charge in [-0.05, 0) is 76.0 Å². The molecule has 16 nitrogen and oxygen atoms in total. The van der Waals surface area contributed by atoms with Crippen molar-refractivity contribution in [3.8, 4) is 22.9 Å². The van der Waals surface area contributed by atoms with E-state index in [2.05, 4.69) is 39.4 Å². The van der Waals surface area contributed by atoms with E-state index in [-0.39, 0.29) is 31.5 Å². The fourth-order valence-electron chi connectivity index (χ4n) is 9.36. The van der Waals surface area contributed by atoms with E-state index in [1.165, 1.54) is 28.7 Å². The summed E-state index contributed by atoms with van der Waals surface area (Å²) in [7, 11) is 2.12. The first-order valence-corrected chi connectivity index (χ1v) is 23.7. The minimum Gasteiger partial charge on any atom is -0.491 e. The van der Waals surface area contributed by atoms with Crippen LogP contribution in [0.3, 0.4) is 0 Å². The number of benzene rings is 1. The van der Waals surface area contributed by atoms with Gasteiger partial charge in [-0.15, -0.1) is 17.9 Å². The van der Waals surface area contributed by atoms with Crippen LogP contribution in [0.1, 0.15) is 66.7 Å². The number of hydrogen-bond acceptors (Lipinski definition) is 13. The molecule has 3 amide bonds. The first-order chi connectivity index (χ1) is 30.4. The van der Waals surface area contributed by atoms with Crippen molar-refractivity contribution in [1.82, 2.24) is 35.3 Å². The van der Waals surface area contributed by atoms with E-state index < -0.39 is 58.9 Å². The Morgan fingerprint density at radius 3 is 2.42 bits per heavy atom. The number of aromatic nitrogens is 2. The highest BCUT2D eigenvalue weighted by atomic mass is 35.5. The largest absolute Gasteiger partial charge is 0.491 e. The second-order valence-corrected chi connectivity index (χ2v) is 20.8. The third-order valence-corrected chi connectivity index (χ3v) is 14.4. The summed E-state index contributed by atoms with van der Waals surface area (Å²) in [6.07, 6.45) is 2.88. The van der Waals surface area contributed by atoms with Crippen LogP contribution in [0.5, 0.6) is 11.5 Å². The Morgan fingerprint density at radius 1 is 1.03 bits per heavy atom. The predicted molar refractivity (Wildman–Crippen MR) is 245 cm³/mol. The van der Waals surface area contributed by atoms with Gasteiger partial charge in [0.15, 0.2) is 5.13 Å². The number of anilines is 1. The van der Waals surface area contributed by atoms with Gasteiger partial charge in [0.05, 0.1) is 17.8 Å². The normalized spacial score (nSPS) is 27.2. The van der Waals surface area contributed by atoms with E-state index >= 15 is 0 Å². The van der Waals surface area contributed by atoms with Gasteiger partial charge < -0.3 is 45.1 Å². The zero-order valence-electron chi connectivity index (χ0n) is 37.5. The molecule has 0 radical (unpaired) electrons. The Kier molecular flexibility index (Phi) is 13.1. The third-order valence-electron chi connectivity index (χ3n) is 13.3. The molecular formula is C46H61ClN8O8S. The van der Waals surface area contributed by atoms with Crippen LogP contribution in [-0.2, 0) is 19.1 Å². The van der Waals surface area contributed by atoms with Crippen LogP contribution in [0, 0.1) is 23.2 Å². The van der Waals surface area contributed by atoms with Crippen molar-refractivity contribution < 1.29 is 38.5 Å². The molecule has 5 fully saturated rings. The molecule has 3 aromatic rings. The van der Waals surface area contributed by atoms with Crippen LogP contribution < -0.4 is 25.4 Å². The molecule has 2 saturated heterocycles. The predicted octanol–water partition coefficient (Wildman–Crippen LogP) is 5.89. The molecule has 18 heteroatoms. The fraction of sp³-hybridized carbons (Fsp3) is 0.609. The molecule has 64 heavy (non-hydrogen) atoms. The molecule has 5 aliphatic rings. The number of halogens is 1. The summed E-state index contributed by atoms with van der Waals surface area (Å²) >= 11 is 8.58. The molecule has 8 rings (SSSR count). The summed E-state index contributed by atoms with van der Waals surface area (Å²) in [4.78, 5) is 70.9. The molecule has 1 unspecified atom stereocenters. The number of likely N-dealkylation sites (tertiary alicyclic amines) is 1. The average Bonchev–Trinajstić information content (AvgIpc) is 3.91. The Morgan fingerprint density at radius 2 is 1.77 bits per heavy atom. The van der Waals surface area contributed by atoms with Gasteiger partial charge in [-0.1, -0.05) is 38.4 Å². The van der Waals surface area contributed by atoms with E-state index in [0.717, 1.165) is 50.7 Å². The third kappa shape index (κ3) is 9.92. The number of pyridine rings is 1. The second-order valence-electron chi connectivity index (χ2n) is 19.6. The maximum atomic E-state index is 14.8. The van der Waals surface area contributed by atoms with Crippen LogP contribution >= 0.6 is 22.9 Å². The zero-order chi connectivity index (χ0) is 45.7. The molecular weight excluding hydrogens is 860 g/mol. The van der Waals surface area contributed by atoms with Crippen LogP contribution in [0.25, 0.3) is 22.3 Å². The number of likely N-dealkylation sites (N-methyl/N-ethyl adjacent to an activating group) is 1. The van der Waals surface area contributed by atoms with Crippen molar-refractivity contribution >= 4 is 62.8 Å². The van der Waals surface area contributed by atoms with E-state index in [1.54, 1.807) is 12.1 Å². The van der Waals surface area contributed by atoms with Gasteiger partial charge in [-0.2, -0.15) is 0 Å². The van der Waals surface area contributed by atoms with Crippen molar-refractivity contribution in [2.24, 2.45) is 23.2 Å². The Bertz CT molecular complexity index is 2270. The number of carboxylic acid groups (broad SMARTS) is 1. The van der Waals surface area contributed by atoms with Crippen LogP contribution in [-0.4, -0.2) is 142 Å². The zero-order valence-corrected chi connectivity index (χ0v) is 39.1. The molecule has 4 heterocycles. The van der Waals surface area contributed by atoms with Gasteiger partial charge >= 0.3 is 12.1 Å². The standard InChI is InChI=1S/C46H61ClN8O8S/c1-8-28-22-46(28,42(58)59)52-40(56)34-20-30(23-55(34)41(57)39(45(4,5)6)51-44(60)63-29-18-26-17-27(26)19-29)62-36-21-32(33-24-64-43(50-33)48-25(2)3)49-38-31(36)9-10-35(37(38)47)61-16-15-54-13-11-53(7)12-14-54/h8-10,21,24-30,34,39H,1,11-20,22-23H2,2-7H3,(H,48,50)(H,51,60)(H,52,56)(H,58,59)/t26-,27+,28-,29?,30-,34+,39-,46-/m1/s1. The lowest BCUT2D eigenvalue weighted by molar-refractivity contribution is -0.146. The Balaban J connectivity index is 1.09. The molecule has 1 aromatic carbocycles. The van der Waals surface area contributed by atoms with Gasteiger partial charge in [-0.3, -0.25) is 14.5 Å². The number of thiazole rings is 1. The molecule has 4 N–H and O–H groups in total. The lowest BCUT2D eigenvalue weighted by atomic mass is 9.85. The topological polar surface area (TPSA) is 188 Å². The van der Waals surface area contributed by atoms with Crippen molar-refractivity contribution in [1.29, 1.82) is 0 Å². The highest BCUT2D eigenvalue weighted by Crippen LogP contribution is 2.52. The number of fused-ring (bicyclic) bond motifs is 2. The number of nitrogens with one attached hydrogen (secondary N) is 3. The van der Waals surface area contributed by atoms with Gasteiger partial charge in [0.25, 0.3) is 0 Å². The molecule has 346 valence electrons. The summed E-state index contributed by atoms with van der Waals surface area (Å²) in [5.41, 5.74) is -0.808. The maximum Gasteiger partial charge on any atom is 0.408 e. The molecule has 0 spiro atoms. The SMILES string of the molecule is C=C[C@@H]1C[C@]1(NC(=O)[C@@H]1C[C@@H](Oc2cc(-c3csc(NC(C)C)n3)nc3c(Cl)c(OCCN4CCN(C)CC4)ccc23)CN1C(=O)[C@@H](NC(=O)OC1C[C@@H]2C[C@@H]2C1)C(C)(C)C)C(=O)O. The van der Waals surface area contributed by atoms with Crippen molar-refractivity contribution in [2.75, 3.05) is 58.2 Å². The van der Waals surface area contributed by atoms with Gasteiger partial charge in [0, 0.05) is 67.9 Å². The number of carbonyl (C=O) groups excluding carboxylic acids is 3. The molecule has 3 aliphatic carbocycles. The van der Waals surface area contributed by atoms with Gasteiger partial charge in [0.1, 0.15) is 58.7 Å². The first kappa shape index (κ1) is 45.8. The van der Waals surface area contributed by atoms with E-state index in [4.69, 9.17) is 35.8 Å². The van der Waals surface area contributed by atoms with E-state index in [0.29, 0.717) is 57.3 Å². The van der Waals surface area contributed by atoms with E-state index in [1.807, 2.05) is 46.1 Å². The summed E-state index contributed by atoms with van der Waals surface area (Å²) < 4.78 is 18.9. The second kappa shape index (κ2) is 18.3. The summed E-state index contributed by atoms with van der Waals surface area (Å²) in [5.74, 6) is -0.740. The first-order valence-electron chi connectivity index (χ1n) is 22.4. The molecule has 2 aromatic heterocycles. The fourth-order valence-corrected chi connectivity index (χ4v) is 10.5. The minimum atomic E-state index is -1.53. The summed E-state index contributed by atoms with van der Waals surface area (Å²) in [6.45, 7) is 18.4. The quantitative estimate of drug-likeness (QED) is 0.125. The number of hydrogen-bond donors (Lipinski definition) is 4. The number of carboxylic acids is 1. The van der Waals surface area contributed by atoms with Crippen LogP contribution in [0.2, 0.25) is 5.02 Å². The number of aliphatic carboxylic acids is 1. The number of nitrogens with zero attached hydrogens (tertiary/aromatic N) is 5. The summed E-state index contributed by atoms with van der Waals surface area (Å²) in [6, 6.07) is 3.35.